The zero-order valence-electron chi connectivity index (χ0n) is 14.7. The van der Waals surface area contributed by atoms with E-state index in [0.29, 0.717) is 23.3 Å². The average molecular weight is 341 g/mol. The summed E-state index contributed by atoms with van der Waals surface area (Å²) in [5, 5.41) is 12.6. The third kappa shape index (κ3) is 3.82. The fraction of sp³-hybridized carbons (Fsp3) is 0.300. The normalized spacial score (nSPS) is 12.9. The number of hydrogen-bond acceptors (Lipinski definition) is 3. The Balaban J connectivity index is 2.24. The quantitative estimate of drug-likeness (QED) is 0.811. The average Bonchev–Trinajstić information content (AvgIpc) is 2.63. The second kappa shape index (κ2) is 7.83. The molecule has 2 aromatic rings. The lowest BCUT2D eigenvalue weighted by molar-refractivity contribution is -0.143. The number of rotatable bonds is 7. The Labute approximate surface area is 147 Å². The van der Waals surface area contributed by atoms with Gasteiger partial charge in [0, 0.05) is 12.1 Å². The molecule has 1 amide bonds. The number of carboxylic acid groups (broad SMARTS) is 1. The maximum atomic E-state index is 12.5. The van der Waals surface area contributed by atoms with Crippen molar-refractivity contribution < 1.29 is 19.4 Å². The van der Waals surface area contributed by atoms with Crippen LogP contribution in [0.5, 0.6) is 5.75 Å². The van der Waals surface area contributed by atoms with E-state index in [2.05, 4.69) is 5.32 Å². The first-order valence-electron chi connectivity index (χ1n) is 8.16. The first-order valence-corrected chi connectivity index (χ1v) is 8.16. The number of aryl methyl sites for hydroxylation is 1. The van der Waals surface area contributed by atoms with Crippen molar-refractivity contribution in [3.05, 3.63) is 65.2 Å². The Morgan fingerprint density at radius 2 is 1.84 bits per heavy atom. The van der Waals surface area contributed by atoms with Crippen LogP contribution in [0.3, 0.4) is 0 Å². The van der Waals surface area contributed by atoms with Crippen molar-refractivity contribution in [3.63, 3.8) is 0 Å². The number of hydrogen-bond donors (Lipinski definition) is 2. The van der Waals surface area contributed by atoms with Crippen molar-refractivity contribution in [3.8, 4) is 5.75 Å². The highest BCUT2D eigenvalue weighted by molar-refractivity contribution is 5.95. The molecule has 2 aromatic carbocycles. The molecule has 0 bridgehead atoms. The molecule has 0 aromatic heterocycles. The van der Waals surface area contributed by atoms with Gasteiger partial charge in [-0.3, -0.25) is 9.59 Å². The number of carboxylic acids is 1. The van der Waals surface area contributed by atoms with E-state index in [-0.39, 0.29) is 12.5 Å². The number of ether oxygens (including phenoxy) is 1. The van der Waals surface area contributed by atoms with Crippen LogP contribution < -0.4 is 10.1 Å². The summed E-state index contributed by atoms with van der Waals surface area (Å²) in [5.74, 6) is -0.660. The SMILES string of the molecule is CCC(CNC(=O)c1ccc(C)c(OC)c1)(C(=O)O)c1ccccc1. The number of benzene rings is 2. The largest absolute Gasteiger partial charge is 0.496 e. The zero-order chi connectivity index (χ0) is 18.4. The molecule has 1 unspecified atom stereocenters. The van der Waals surface area contributed by atoms with Gasteiger partial charge in [0.05, 0.1) is 7.11 Å². The van der Waals surface area contributed by atoms with Gasteiger partial charge in [-0.05, 0) is 36.6 Å². The van der Waals surface area contributed by atoms with Crippen molar-refractivity contribution in [2.45, 2.75) is 25.7 Å². The third-order valence-electron chi connectivity index (χ3n) is 4.56. The standard InChI is InChI=1S/C20H23NO4/c1-4-20(19(23)24,16-8-6-5-7-9-16)13-21-18(22)15-11-10-14(2)17(12-15)25-3/h5-12H,4,13H2,1-3H3,(H,21,22)(H,23,24). The van der Waals surface area contributed by atoms with E-state index in [1.807, 2.05) is 19.9 Å². The molecule has 0 radical (unpaired) electrons. The summed E-state index contributed by atoms with van der Waals surface area (Å²) in [5.41, 5.74) is 0.876. The summed E-state index contributed by atoms with van der Waals surface area (Å²) in [4.78, 5) is 24.5. The highest BCUT2D eigenvalue weighted by Gasteiger charge is 2.39. The predicted octanol–water partition coefficient (Wildman–Crippen LogP) is 3.17. The van der Waals surface area contributed by atoms with Gasteiger partial charge in [0.2, 0.25) is 0 Å². The topological polar surface area (TPSA) is 75.6 Å². The van der Waals surface area contributed by atoms with E-state index in [0.717, 1.165) is 5.56 Å². The van der Waals surface area contributed by atoms with Crippen LogP contribution in [0.1, 0.15) is 34.8 Å². The fourth-order valence-corrected chi connectivity index (χ4v) is 2.83. The van der Waals surface area contributed by atoms with Gasteiger partial charge in [-0.25, -0.2) is 0 Å². The van der Waals surface area contributed by atoms with Crippen LogP contribution in [0.25, 0.3) is 0 Å². The number of carbonyl (C=O) groups excluding carboxylic acids is 1. The molecule has 5 nitrogen and oxygen atoms in total. The van der Waals surface area contributed by atoms with E-state index in [4.69, 9.17) is 4.74 Å². The van der Waals surface area contributed by atoms with Crippen molar-refractivity contribution in [1.82, 2.24) is 5.32 Å². The molecular weight excluding hydrogens is 318 g/mol. The highest BCUT2D eigenvalue weighted by Crippen LogP contribution is 2.28. The van der Waals surface area contributed by atoms with Gasteiger partial charge in [-0.1, -0.05) is 43.3 Å². The van der Waals surface area contributed by atoms with Gasteiger partial charge >= 0.3 is 5.97 Å². The molecular formula is C20H23NO4. The maximum Gasteiger partial charge on any atom is 0.315 e. The lowest BCUT2D eigenvalue weighted by Gasteiger charge is -2.29. The smallest absolute Gasteiger partial charge is 0.315 e. The Morgan fingerprint density at radius 3 is 2.40 bits per heavy atom. The molecule has 2 rings (SSSR count). The van der Waals surface area contributed by atoms with Crippen LogP contribution in [-0.4, -0.2) is 30.6 Å². The van der Waals surface area contributed by atoms with Crippen LogP contribution in [-0.2, 0) is 10.2 Å². The Bertz CT molecular complexity index is 758. The molecule has 0 heterocycles. The molecule has 2 N–H and O–H groups in total. The molecule has 0 saturated heterocycles. The zero-order valence-corrected chi connectivity index (χ0v) is 14.7. The van der Waals surface area contributed by atoms with Gasteiger partial charge in [0.15, 0.2) is 0 Å². The Kier molecular flexibility index (Phi) is 5.80. The van der Waals surface area contributed by atoms with Crippen LogP contribution >= 0.6 is 0 Å². The molecule has 0 aliphatic rings. The number of methoxy groups -OCH3 is 1. The van der Waals surface area contributed by atoms with E-state index in [9.17, 15) is 14.7 Å². The van der Waals surface area contributed by atoms with E-state index in [1.165, 1.54) is 0 Å². The van der Waals surface area contributed by atoms with Crippen LogP contribution in [0.4, 0.5) is 0 Å². The summed E-state index contributed by atoms with van der Waals surface area (Å²) in [6, 6.07) is 14.1. The van der Waals surface area contributed by atoms with Crippen LogP contribution in [0.15, 0.2) is 48.5 Å². The Hall–Kier alpha value is -2.82. The van der Waals surface area contributed by atoms with E-state index in [1.54, 1.807) is 49.6 Å². The molecule has 0 fully saturated rings. The second-order valence-electron chi connectivity index (χ2n) is 5.97. The summed E-state index contributed by atoms with van der Waals surface area (Å²) in [6.07, 6.45) is 0.365. The molecule has 0 aliphatic carbocycles. The minimum Gasteiger partial charge on any atom is -0.496 e. The second-order valence-corrected chi connectivity index (χ2v) is 5.97. The van der Waals surface area contributed by atoms with Gasteiger partial charge in [0.25, 0.3) is 5.91 Å². The molecule has 132 valence electrons. The lowest BCUT2D eigenvalue weighted by Crippen LogP contribution is -2.46. The van der Waals surface area contributed by atoms with E-state index < -0.39 is 11.4 Å². The first kappa shape index (κ1) is 18.5. The molecule has 0 spiro atoms. The van der Waals surface area contributed by atoms with E-state index >= 15 is 0 Å². The minimum atomic E-state index is -1.16. The van der Waals surface area contributed by atoms with Gasteiger partial charge in [-0.2, -0.15) is 0 Å². The van der Waals surface area contributed by atoms with Crippen LogP contribution in [0, 0.1) is 6.92 Å². The number of carbonyl (C=O) groups is 2. The van der Waals surface area contributed by atoms with Gasteiger partial charge < -0.3 is 15.2 Å². The number of nitrogens with one attached hydrogen (secondary N) is 1. The monoisotopic (exact) mass is 341 g/mol. The predicted molar refractivity (Wildman–Crippen MR) is 96.1 cm³/mol. The lowest BCUT2D eigenvalue weighted by atomic mass is 9.78. The van der Waals surface area contributed by atoms with Gasteiger partial charge in [0.1, 0.15) is 11.2 Å². The molecule has 0 aliphatic heterocycles. The van der Waals surface area contributed by atoms with Crippen molar-refractivity contribution in [1.29, 1.82) is 0 Å². The molecule has 5 heteroatoms. The molecule has 25 heavy (non-hydrogen) atoms. The Morgan fingerprint density at radius 1 is 1.16 bits per heavy atom. The molecule has 1 atom stereocenters. The summed E-state index contributed by atoms with van der Waals surface area (Å²) < 4.78 is 5.24. The van der Waals surface area contributed by atoms with Crippen molar-refractivity contribution >= 4 is 11.9 Å². The third-order valence-corrected chi connectivity index (χ3v) is 4.56. The molecule has 0 saturated carbocycles. The summed E-state index contributed by atoms with van der Waals surface area (Å²) in [7, 11) is 1.55. The van der Waals surface area contributed by atoms with Crippen molar-refractivity contribution in [2.24, 2.45) is 0 Å². The summed E-state index contributed by atoms with van der Waals surface area (Å²) >= 11 is 0. The first-order chi connectivity index (χ1) is 11.9. The van der Waals surface area contributed by atoms with Crippen LogP contribution in [0.2, 0.25) is 0 Å². The number of aliphatic carboxylic acids is 1. The minimum absolute atomic E-state index is 0.0118. The van der Waals surface area contributed by atoms with Gasteiger partial charge in [-0.15, -0.1) is 0 Å². The summed E-state index contributed by atoms with van der Waals surface area (Å²) in [6.45, 7) is 3.71. The fourth-order valence-electron chi connectivity index (χ4n) is 2.83. The van der Waals surface area contributed by atoms with Crippen molar-refractivity contribution in [2.75, 3.05) is 13.7 Å². The maximum absolute atomic E-state index is 12.5. The highest BCUT2D eigenvalue weighted by atomic mass is 16.5. The number of amides is 1.